The quantitative estimate of drug-likeness (QED) is 0.696. The van der Waals surface area contributed by atoms with Crippen LogP contribution in [0.5, 0.6) is 0 Å². The van der Waals surface area contributed by atoms with E-state index in [0.717, 1.165) is 25.1 Å². The van der Waals surface area contributed by atoms with E-state index in [1.807, 2.05) is 30.3 Å². The molecule has 1 aromatic heterocycles. The minimum Gasteiger partial charge on any atom is -0.385 e. The highest BCUT2D eigenvalue weighted by Gasteiger charge is 2.09. The van der Waals surface area contributed by atoms with Crippen molar-refractivity contribution in [2.75, 3.05) is 18.4 Å². The summed E-state index contributed by atoms with van der Waals surface area (Å²) in [5.74, 6) is -0.104. The molecule has 1 aliphatic rings. The van der Waals surface area contributed by atoms with Gasteiger partial charge in [0.2, 0.25) is 0 Å². The van der Waals surface area contributed by atoms with Crippen LogP contribution in [0.2, 0.25) is 0 Å². The van der Waals surface area contributed by atoms with E-state index in [-0.39, 0.29) is 5.91 Å². The first-order chi connectivity index (χ1) is 12.8. The van der Waals surface area contributed by atoms with Crippen molar-refractivity contribution in [2.45, 2.75) is 38.5 Å². The number of rotatable bonds is 8. The Morgan fingerprint density at radius 3 is 2.73 bits per heavy atom. The van der Waals surface area contributed by atoms with Crippen molar-refractivity contribution in [3.8, 4) is 0 Å². The third kappa shape index (κ3) is 5.73. The van der Waals surface area contributed by atoms with Crippen molar-refractivity contribution in [3.05, 3.63) is 71.6 Å². The first kappa shape index (κ1) is 18.2. The van der Waals surface area contributed by atoms with Crippen LogP contribution in [-0.2, 0) is 6.42 Å². The minimum atomic E-state index is -0.104. The molecule has 136 valence electrons. The number of hydrogen-bond acceptors (Lipinski definition) is 3. The summed E-state index contributed by atoms with van der Waals surface area (Å²) >= 11 is 0. The third-order valence-corrected chi connectivity index (χ3v) is 4.69. The fourth-order valence-electron chi connectivity index (χ4n) is 3.22. The van der Waals surface area contributed by atoms with Crippen LogP contribution in [0.3, 0.4) is 0 Å². The molecule has 0 fully saturated rings. The zero-order chi connectivity index (χ0) is 18.0. The molecular formula is C22H27N3O. The monoisotopic (exact) mass is 349 g/mol. The highest BCUT2D eigenvalue weighted by atomic mass is 16.1. The Labute approximate surface area is 155 Å². The van der Waals surface area contributed by atoms with Crippen molar-refractivity contribution < 1.29 is 4.79 Å². The van der Waals surface area contributed by atoms with Gasteiger partial charge in [-0.3, -0.25) is 9.78 Å². The first-order valence-corrected chi connectivity index (χ1v) is 9.51. The Bertz CT molecular complexity index is 740. The molecule has 0 atom stereocenters. The molecule has 0 unspecified atom stereocenters. The average Bonchev–Trinajstić information content (AvgIpc) is 2.70. The predicted molar refractivity (Wildman–Crippen MR) is 106 cm³/mol. The van der Waals surface area contributed by atoms with Crippen molar-refractivity contribution in [1.29, 1.82) is 0 Å². The summed E-state index contributed by atoms with van der Waals surface area (Å²) in [5.41, 5.74) is 4.16. The number of amides is 1. The van der Waals surface area contributed by atoms with Crippen LogP contribution in [0.4, 0.5) is 5.69 Å². The third-order valence-electron chi connectivity index (χ3n) is 4.69. The lowest BCUT2D eigenvalue weighted by molar-refractivity contribution is 0.0949. The summed E-state index contributed by atoms with van der Waals surface area (Å²) in [6.07, 6.45) is 10.8. The summed E-state index contributed by atoms with van der Waals surface area (Å²) in [7, 11) is 0. The lowest BCUT2D eigenvalue weighted by Gasteiger charge is -2.13. The van der Waals surface area contributed by atoms with E-state index in [4.69, 9.17) is 0 Å². The summed E-state index contributed by atoms with van der Waals surface area (Å²) in [5, 5.41) is 6.35. The topological polar surface area (TPSA) is 54.0 Å². The Morgan fingerprint density at radius 1 is 1.04 bits per heavy atom. The second-order valence-electron chi connectivity index (χ2n) is 6.71. The molecule has 0 saturated heterocycles. The van der Waals surface area contributed by atoms with Gasteiger partial charge in [-0.1, -0.05) is 42.0 Å². The molecular weight excluding hydrogens is 322 g/mol. The van der Waals surface area contributed by atoms with Crippen LogP contribution in [0.25, 0.3) is 0 Å². The number of carbonyl (C=O) groups is 1. The predicted octanol–water partition coefficient (Wildman–Crippen LogP) is 4.36. The van der Waals surface area contributed by atoms with E-state index in [1.54, 1.807) is 6.20 Å². The summed E-state index contributed by atoms with van der Waals surface area (Å²) in [6.45, 7) is 1.50. The molecule has 4 heteroatoms. The van der Waals surface area contributed by atoms with Crippen molar-refractivity contribution >= 4 is 11.6 Å². The Hall–Kier alpha value is -2.62. The molecule has 0 bridgehead atoms. The van der Waals surface area contributed by atoms with Gasteiger partial charge in [-0.05, 0) is 56.2 Å². The molecule has 1 aliphatic carbocycles. The first-order valence-electron chi connectivity index (χ1n) is 9.51. The van der Waals surface area contributed by atoms with Gasteiger partial charge in [0.05, 0.1) is 0 Å². The Morgan fingerprint density at radius 2 is 1.92 bits per heavy atom. The van der Waals surface area contributed by atoms with E-state index in [9.17, 15) is 4.79 Å². The lowest BCUT2D eigenvalue weighted by Crippen LogP contribution is -2.25. The van der Waals surface area contributed by atoms with Crippen LogP contribution in [0, 0.1) is 0 Å². The van der Waals surface area contributed by atoms with Gasteiger partial charge < -0.3 is 10.6 Å². The Kier molecular flexibility index (Phi) is 6.82. The second-order valence-corrected chi connectivity index (χ2v) is 6.71. The molecule has 0 spiro atoms. The van der Waals surface area contributed by atoms with Gasteiger partial charge in [0.25, 0.3) is 5.91 Å². The number of aromatic nitrogens is 1. The second kappa shape index (κ2) is 9.76. The van der Waals surface area contributed by atoms with Gasteiger partial charge in [-0.25, -0.2) is 0 Å². The summed E-state index contributed by atoms with van der Waals surface area (Å²) in [4.78, 5) is 16.5. The van der Waals surface area contributed by atoms with Crippen molar-refractivity contribution in [1.82, 2.24) is 10.3 Å². The zero-order valence-electron chi connectivity index (χ0n) is 15.2. The molecule has 1 aromatic carbocycles. The van der Waals surface area contributed by atoms with Crippen LogP contribution >= 0.6 is 0 Å². The van der Waals surface area contributed by atoms with E-state index in [0.29, 0.717) is 12.2 Å². The molecule has 0 radical (unpaired) electrons. The average molecular weight is 349 g/mol. The van der Waals surface area contributed by atoms with Gasteiger partial charge in [-0.2, -0.15) is 0 Å². The molecule has 0 aliphatic heterocycles. The van der Waals surface area contributed by atoms with Gasteiger partial charge in [0, 0.05) is 25.0 Å². The number of nitrogens with zero attached hydrogens (tertiary/aromatic N) is 1. The van der Waals surface area contributed by atoms with E-state index in [1.165, 1.54) is 36.8 Å². The molecule has 2 aromatic rings. The molecule has 26 heavy (non-hydrogen) atoms. The van der Waals surface area contributed by atoms with Crippen molar-refractivity contribution in [3.63, 3.8) is 0 Å². The molecule has 2 N–H and O–H groups in total. The maximum Gasteiger partial charge on any atom is 0.269 e. The fourth-order valence-corrected chi connectivity index (χ4v) is 3.22. The number of nitrogens with one attached hydrogen (secondary N) is 2. The number of hydrogen-bond donors (Lipinski definition) is 2. The highest BCUT2D eigenvalue weighted by molar-refractivity contribution is 5.93. The molecule has 3 rings (SSSR count). The van der Waals surface area contributed by atoms with Crippen LogP contribution in [-0.4, -0.2) is 24.0 Å². The lowest BCUT2D eigenvalue weighted by atomic mass is 9.97. The number of carbonyl (C=O) groups excluding carboxylic acids is 1. The molecule has 1 amide bonds. The van der Waals surface area contributed by atoms with Crippen molar-refractivity contribution in [2.24, 2.45) is 0 Å². The molecule has 4 nitrogen and oxygen atoms in total. The Balaban J connectivity index is 1.45. The number of pyridine rings is 1. The molecule has 1 heterocycles. The van der Waals surface area contributed by atoms with E-state index < -0.39 is 0 Å². The van der Waals surface area contributed by atoms with Gasteiger partial charge in [0.1, 0.15) is 5.69 Å². The van der Waals surface area contributed by atoms with E-state index in [2.05, 4.69) is 33.8 Å². The highest BCUT2D eigenvalue weighted by Crippen LogP contribution is 2.19. The molecule has 0 saturated carbocycles. The fraction of sp³-hybridized carbons (Fsp3) is 0.364. The zero-order valence-corrected chi connectivity index (χ0v) is 15.2. The number of anilines is 1. The minimum absolute atomic E-state index is 0.104. The maximum atomic E-state index is 12.3. The van der Waals surface area contributed by atoms with Crippen LogP contribution in [0.1, 0.15) is 48.2 Å². The smallest absolute Gasteiger partial charge is 0.269 e. The maximum absolute atomic E-state index is 12.3. The normalized spacial score (nSPS) is 13.8. The summed E-state index contributed by atoms with van der Waals surface area (Å²) in [6, 6.07) is 14.1. The summed E-state index contributed by atoms with van der Waals surface area (Å²) < 4.78 is 0. The number of allylic oxidation sites excluding steroid dienone is 1. The SMILES string of the molecule is O=C(NCCC1=CCCCC1)c1cc(NCCc2ccccc2)ccn1. The van der Waals surface area contributed by atoms with Gasteiger partial charge in [0.15, 0.2) is 0 Å². The van der Waals surface area contributed by atoms with Gasteiger partial charge in [-0.15, -0.1) is 0 Å². The standard InChI is InChI=1S/C22H27N3O/c26-22(25-15-12-19-9-5-2-6-10-19)21-17-20(13-16-24-21)23-14-11-18-7-3-1-4-8-18/h1,3-4,7-9,13,16-17H,2,5-6,10-12,14-15H2,(H,23,24)(H,25,26). The number of benzene rings is 1. The van der Waals surface area contributed by atoms with Crippen LogP contribution in [0.15, 0.2) is 60.3 Å². The largest absolute Gasteiger partial charge is 0.385 e. The van der Waals surface area contributed by atoms with Crippen LogP contribution < -0.4 is 10.6 Å². The van der Waals surface area contributed by atoms with Gasteiger partial charge >= 0.3 is 0 Å². The van der Waals surface area contributed by atoms with E-state index >= 15 is 0 Å².